The van der Waals surface area contributed by atoms with Crippen LogP contribution in [0.25, 0.3) is 0 Å². The molecule has 7 nitrogen and oxygen atoms in total. The molecule has 9 heteroatoms. The number of aliphatic hydroxyl groups excluding tert-OH is 1. The molecule has 3 aliphatic heterocycles. The van der Waals surface area contributed by atoms with Crippen molar-refractivity contribution in [2.45, 2.75) is 66.4 Å². The van der Waals surface area contributed by atoms with Crippen molar-refractivity contribution in [2.24, 2.45) is 11.8 Å². The van der Waals surface area contributed by atoms with E-state index in [0.717, 1.165) is 18.5 Å². The van der Waals surface area contributed by atoms with E-state index in [-0.39, 0.29) is 47.0 Å². The fourth-order valence-corrected chi connectivity index (χ4v) is 10.4. The Labute approximate surface area is 244 Å². The third-order valence-corrected chi connectivity index (χ3v) is 11.6. The maximum atomic E-state index is 14.4. The molecule has 0 saturated carbocycles. The van der Waals surface area contributed by atoms with Crippen LogP contribution in [0.3, 0.4) is 0 Å². The van der Waals surface area contributed by atoms with Crippen molar-refractivity contribution >= 4 is 51.1 Å². The molecule has 3 fully saturated rings. The van der Waals surface area contributed by atoms with E-state index in [0.29, 0.717) is 25.9 Å². The Hall–Kier alpha value is -2.10. The number of amides is 3. The maximum Gasteiger partial charge on any atom is 0.247 e. The van der Waals surface area contributed by atoms with Crippen molar-refractivity contribution < 1.29 is 19.5 Å². The normalized spacial score (nSPS) is 29.7. The van der Waals surface area contributed by atoms with Crippen molar-refractivity contribution in [3.8, 4) is 0 Å². The summed E-state index contributed by atoms with van der Waals surface area (Å²) in [5, 5.41) is 9.51. The number of anilines is 1. The summed E-state index contributed by atoms with van der Waals surface area (Å²) in [6.07, 6.45) is 6.22. The van der Waals surface area contributed by atoms with Crippen LogP contribution >= 0.6 is 27.7 Å². The van der Waals surface area contributed by atoms with Crippen molar-refractivity contribution in [3.05, 3.63) is 55.6 Å². The van der Waals surface area contributed by atoms with E-state index in [1.807, 2.05) is 42.2 Å². The second-order valence-corrected chi connectivity index (χ2v) is 13.5. The molecular formula is C30H40BrN3O4S. The number of carbonyl (C=O) groups excluding carboxylic acids is 3. The van der Waals surface area contributed by atoms with Gasteiger partial charge in [-0.2, -0.15) is 0 Å². The van der Waals surface area contributed by atoms with Gasteiger partial charge in [-0.1, -0.05) is 59.6 Å². The summed E-state index contributed by atoms with van der Waals surface area (Å²) >= 11 is 5.49. The van der Waals surface area contributed by atoms with Crippen LogP contribution < -0.4 is 4.90 Å². The summed E-state index contributed by atoms with van der Waals surface area (Å²) in [7, 11) is 0. The Morgan fingerprint density at radius 3 is 2.54 bits per heavy atom. The molecule has 3 aliphatic rings. The minimum absolute atomic E-state index is 0.00383. The van der Waals surface area contributed by atoms with Crippen LogP contribution in [0.15, 0.2) is 55.6 Å². The predicted octanol–water partition coefficient (Wildman–Crippen LogP) is 4.26. The Morgan fingerprint density at radius 1 is 1.23 bits per heavy atom. The highest BCUT2D eigenvalue weighted by Gasteiger charge is 2.76. The highest BCUT2D eigenvalue weighted by atomic mass is 79.9. The molecule has 0 aliphatic carbocycles. The lowest BCUT2D eigenvalue weighted by atomic mass is 9.70. The van der Waals surface area contributed by atoms with E-state index in [9.17, 15) is 19.5 Å². The zero-order valence-corrected chi connectivity index (χ0v) is 25.3. The number of aliphatic hydroxyl groups is 1. The van der Waals surface area contributed by atoms with Crippen LogP contribution in [0.4, 0.5) is 5.69 Å². The van der Waals surface area contributed by atoms with Gasteiger partial charge in [0.05, 0.1) is 16.6 Å². The van der Waals surface area contributed by atoms with Gasteiger partial charge in [-0.15, -0.1) is 24.9 Å². The summed E-state index contributed by atoms with van der Waals surface area (Å²) < 4.78 is -0.718. The molecule has 1 aromatic rings. The van der Waals surface area contributed by atoms with Crippen LogP contribution in [0.5, 0.6) is 0 Å². The topological polar surface area (TPSA) is 81.2 Å². The van der Waals surface area contributed by atoms with Crippen molar-refractivity contribution in [2.75, 3.05) is 31.1 Å². The number of hydrogen-bond acceptors (Lipinski definition) is 5. The van der Waals surface area contributed by atoms with Crippen LogP contribution in [0, 0.1) is 11.8 Å². The zero-order valence-electron chi connectivity index (χ0n) is 22.9. The molecule has 0 aromatic heterocycles. The maximum absolute atomic E-state index is 14.4. The number of likely N-dealkylation sites (tertiary alicyclic amines) is 1. The number of carbonyl (C=O) groups is 3. The number of hydrogen-bond donors (Lipinski definition) is 1. The van der Waals surface area contributed by atoms with Gasteiger partial charge >= 0.3 is 0 Å². The second-order valence-electron chi connectivity index (χ2n) is 10.8. The molecule has 4 unspecified atom stereocenters. The van der Waals surface area contributed by atoms with E-state index in [4.69, 9.17) is 0 Å². The van der Waals surface area contributed by atoms with E-state index in [2.05, 4.69) is 36.0 Å². The molecule has 212 valence electrons. The summed E-state index contributed by atoms with van der Waals surface area (Å²) in [6, 6.07) is 8.76. The first kappa shape index (κ1) is 29.9. The lowest BCUT2D eigenvalue weighted by Crippen LogP contribution is -2.57. The fourth-order valence-electron chi connectivity index (χ4n) is 6.77. The molecule has 3 amide bonds. The molecule has 1 aromatic carbocycles. The van der Waals surface area contributed by atoms with Crippen molar-refractivity contribution in [1.29, 1.82) is 0 Å². The third-order valence-electron chi connectivity index (χ3n) is 8.36. The van der Waals surface area contributed by atoms with Gasteiger partial charge in [0.2, 0.25) is 17.7 Å². The molecule has 39 heavy (non-hydrogen) atoms. The number of fused-ring (bicyclic) bond motifs is 1. The van der Waals surface area contributed by atoms with Gasteiger partial charge in [0.1, 0.15) is 6.04 Å². The van der Waals surface area contributed by atoms with Crippen molar-refractivity contribution in [3.63, 3.8) is 0 Å². The van der Waals surface area contributed by atoms with E-state index < -0.39 is 22.6 Å². The molecule has 0 radical (unpaired) electrons. The third kappa shape index (κ3) is 5.22. The smallest absolute Gasteiger partial charge is 0.247 e. The minimum atomic E-state index is -0.718. The number of thioether (sulfide) groups is 1. The van der Waals surface area contributed by atoms with E-state index in [1.165, 1.54) is 0 Å². The monoisotopic (exact) mass is 617 g/mol. The molecule has 7 atom stereocenters. The lowest BCUT2D eigenvalue weighted by Gasteiger charge is -2.40. The van der Waals surface area contributed by atoms with Crippen molar-refractivity contribution in [1.82, 2.24) is 9.80 Å². The van der Waals surface area contributed by atoms with Gasteiger partial charge in [-0.3, -0.25) is 14.4 Å². The average Bonchev–Trinajstić information content (AvgIpc) is 3.52. The van der Waals surface area contributed by atoms with Gasteiger partial charge < -0.3 is 19.8 Å². The first-order valence-corrected chi connectivity index (χ1v) is 15.7. The second kappa shape index (κ2) is 12.6. The highest BCUT2D eigenvalue weighted by molar-refractivity contribution is 9.09. The highest BCUT2D eigenvalue weighted by Crippen LogP contribution is 2.68. The van der Waals surface area contributed by atoms with Crippen LogP contribution in [-0.4, -0.2) is 85.8 Å². The molecule has 4 rings (SSSR count). The van der Waals surface area contributed by atoms with Crippen LogP contribution in [-0.2, 0) is 14.4 Å². The van der Waals surface area contributed by atoms with Gasteiger partial charge in [-0.05, 0) is 38.3 Å². The van der Waals surface area contributed by atoms with E-state index >= 15 is 0 Å². The van der Waals surface area contributed by atoms with Gasteiger partial charge in [0.25, 0.3) is 0 Å². The van der Waals surface area contributed by atoms with Gasteiger partial charge in [-0.25, -0.2) is 0 Å². The number of nitrogens with zero attached hydrogens (tertiary/aromatic N) is 3. The zero-order chi connectivity index (χ0) is 28.3. The molecular weight excluding hydrogens is 578 g/mol. The quantitative estimate of drug-likeness (QED) is 0.264. The van der Waals surface area contributed by atoms with Gasteiger partial charge in [0.15, 0.2) is 0 Å². The number of halogens is 1. The van der Waals surface area contributed by atoms with E-state index in [1.54, 1.807) is 33.7 Å². The molecule has 3 heterocycles. The molecule has 1 N–H and O–H groups in total. The van der Waals surface area contributed by atoms with Crippen LogP contribution in [0.2, 0.25) is 0 Å². The minimum Gasteiger partial charge on any atom is -0.396 e. The number of alkyl halides is 1. The molecule has 3 saturated heterocycles. The number of benzene rings is 1. The SMILES string of the molecule is C=CCN(C(=O)[C@H]1[C@H]2C(=O)N(CCCO)C(C(=O)N(CC=C)C(C)CCC)C23CC(Br)[C@@H]1S3)c1ccccc1. The van der Waals surface area contributed by atoms with Crippen LogP contribution in [0.1, 0.15) is 39.5 Å². The first-order valence-electron chi connectivity index (χ1n) is 13.9. The molecule has 2 bridgehead atoms. The summed E-state index contributed by atoms with van der Waals surface area (Å²) in [5.74, 6) is -1.53. The average molecular weight is 619 g/mol. The lowest BCUT2D eigenvalue weighted by molar-refractivity contribution is -0.144. The fraction of sp³-hybridized carbons (Fsp3) is 0.567. The first-order chi connectivity index (χ1) is 18.8. The Bertz CT molecular complexity index is 1090. The Balaban J connectivity index is 1.77. The number of para-hydroxylation sites is 1. The summed E-state index contributed by atoms with van der Waals surface area (Å²) in [6.45, 7) is 12.8. The Kier molecular flexibility index (Phi) is 9.65. The summed E-state index contributed by atoms with van der Waals surface area (Å²) in [5.41, 5.74) is 0.760. The summed E-state index contributed by atoms with van der Waals surface area (Å²) in [4.78, 5) is 48.2. The number of rotatable bonds is 13. The predicted molar refractivity (Wildman–Crippen MR) is 161 cm³/mol. The molecule has 1 spiro atoms. The van der Waals surface area contributed by atoms with Gasteiger partial charge in [0, 0.05) is 48.0 Å². The Morgan fingerprint density at radius 2 is 1.92 bits per heavy atom. The largest absolute Gasteiger partial charge is 0.396 e. The standard InChI is InChI=1S/C30H40BrN3O4S/c1-5-12-20(4)32(15-6-2)29(38)26-30-19-22(31)25(39-30)23(24(30)28(37)34(26)17-11-18-35)27(36)33(16-7-3)21-13-9-8-10-14-21/h6-10,13-14,20,22-26,35H,2-3,5,11-12,15-19H2,1,4H3/t20?,22?,23-,24-,25-,26?,30?/m0/s1.